The third-order valence-corrected chi connectivity index (χ3v) is 2.13. The lowest BCUT2D eigenvalue weighted by Crippen LogP contribution is -2.21. The van der Waals surface area contributed by atoms with Crippen molar-refractivity contribution in [3.05, 3.63) is 41.6 Å². The Morgan fingerprint density at radius 2 is 1.94 bits per heavy atom. The molecule has 18 heavy (non-hydrogen) atoms. The van der Waals surface area contributed by atoms with Gasteiger partial charge < -0.3 is 15.8 Å². The van der Waals surface area contributed by atoms with Gasteiger partial charge in [-0.15, -0.1) is 0 Å². The first kappa shape index (κ1) is 13.8. The Kier molecular flexibility index (Phi) is 4.92. The predicted octanol–water partition coefficient (Wildman–Crippen LogP) is 1.34. The molecule has 0 aliphatic heterocycles. The fourth-order valence-corrected chi connectivity index (χ4v) is 1.22. The van der Waals surface area contributed by atoms with Gasteiger partial charge in [-0.1, -0.05) is 17.7 Å². The van der Waals surface area contributed by atoms with Crippen LogP contribution in [0.2, 0.25) is 0 Å². The number of hydrogen-bond acceptors (Lipinski definition) is 4. The number of nitrogens with one attached hydrogen (secondary N) is 1. The predicted molar refractivity (Wildman–Crippen MR) is 68.7 cm³/mol. The number of hydrogen-bond donors (Lipinski definition) is 2. The smallest absolute Gasteiger partial charge is 0.333 e. The zero-order valence-electron chi connectivity index (χ0n) is 10.4. The fraction of sp³-hybridized carbons (Fsp3) is 0.231. The summed E-state index contributed by atoms with van der Waals surface area (Å²) in [5, 5.41) is 2.58. The third-order valence-electron chi connectivity index (χ3n) is 2.13. The summed E-state index contributed by atoms with van der Waals surface area (Å²) < 4.78 is 4.65. The van der Waals surface area contributed by atoms with Gasteiger partial charge in [0.2, 0.25) is 0 Å². The molecule has 0 saturated heterocycles. The number of aryl methyl sites for hydroxylation is 1. The molecule has 0 spiro atoms. The first-order valence-electron chi connectivity index (χ1n) is 5.55. The van der Waals surface area contributed by atoms with Gasteiger partial charge in [-0.3, -0.25) is 4.79 Å². The minimum Gasteiger partial charge on any atom is -0.463 e. The fourth-order valence-electron chi connectivity index (χ4n) is 1.22. The van der Waals surface area contributed by atoms with Gasteiger partial charge >= 0.3 is 5.97 Å². The summed E-state index contributed by atoms with van der Waals surface area (Å²) in [4.78, 5) is 22.7. The van der Waals surface area contributed by atoms with Crippen LogP contribution >= 0.6 is 0 Å². The number of amides is 1. The topological polar surface area (TPSA) is 81.4 Å². The van der Waals surface area contributed by atoms with Crippen molar-refractivity contribution in [1.29, 1.82) is 0 Å². The van der Waals surface area contributed by atoms with Crippen LogP contribution in [0.3, 0.4) is 0 Å². The number of anilines is 1. The number of carbonyl (C=O) groups excluding carboxylic acids is 2. The van der Waals surface area contributed by atoms with Crippen LogP contribution in [0, 0.1) is 6.92 Å². The second-order valence-electron chi connectivity index (χ2n) is 3.67. The Bertz CT molecular complexity index is 464. The minimum absolute atomic E-state index is 0.186. The van der Waals surface area contributed by atoms with E-state index in [1.165, 1.54) is 0 Å². The number of rotatable bonds is 4. The quantitative estimate of drug-likeness (QED) is 0.622. The number of nitrogens with two attached hydrogens (primary N) is 1. The molecule has 3 N–H and O–H groups in total. The van der Waals surface area contributed by atoms with E-state index in [0.29, 0.717) is 5.69 Å². The highest BCUT2D eigenvalue weighted by molar-refractivity contribution is 6.06. The van der Waals surface area contributed by atoms with Gasteiger partial charge in [-0.25, -0.2) is 4.79 Å². The Hall–Kier alpha value is -2.30. The molecule has 1 amide bonds. The Morgan fingerprint density at radius 3 is 2.50 bits per heavy atom. The highest BCUT2D eigenvalue weighted by atomic mass is 16.5. The Morgan fingerprint density at radius 1 is 1.33 bits per heavy atom. The first-order chi connectivity index (χ1) is 8.52. The van der Waals surface area contributed by atoms with E-state index in [-0.39, 0.29) is 12.3 Å². The lowest BCUT2D eigenvalue weighted by Gasteiger charge is -2.05. The second-order valence-corrected chi connectivity index (χ2v) is 3.67. The highest BCUT2D eigenvalue weighted by Crippen LogP contribution is 2.09. The van der Waals surface area contributed by atoms with E-state index >= 15 is 0 Å². The van der Waals surface area contributed by atoms with E-state index in [4.69, 9.17) is 5.73 Å². The van der Waals surface area contributed by atoms with E-state index in [9.17, 15) is 9.59 Å². The number of esters is 1. The maximum absolute atomic E-state index is 11.6. The minimum atomic E-state index is -0.631. The molecular formula is C13H16N2O3. The van der Waals surface area contributed by atoms with Crippen molar-refractivity contribution >= 4 is 17.6 Å². The average molecular weight is 248 g/mol. The average Bonchev–Trinajstić information content (AvgIpc) is 2.32. The molecule has 0 radical (unpaired) electrons. The summed E-state index contributed by atoms with van der Waals surface area (Å²) in [6.45, 7) is 3.86. The van der Waals surface area contributed by atoms with E-state index < -0.39 is 11.9 Å². The summed E-state index contributed by atoms with van der Waals surface area (Å²) in [6, 6.07) is 7.23. The number of ether oxygens (including phenoxy) is 1. The summed E-state index contributed by atoms with van der Waals surface area (Å²) in [5.74, 6) is -1.17. The van der Waals surface area contributed by atoms with E-state index in [1.807, 2.05) is 19.1 Å². The van der Waals surface area contributed by atoms with E-state index in [2.05, 4.69) is 10.1 Å². The van der Waals surface area contributed by atoms with Crippen LogP contribution in [0.5, 0.6) is 0 Å². The van der Waals surface area contributed by atoms with Crippen LogP contribution in [-0.2, 0) is 14.3 Å². The van der Waals surface area contributed by atoms with Crippen LogP contribution in [0.4, 0.5) is 5.69 Å². The van der Waals surface area contributed by atoms with E-state index in [1.54, 1.807) is 19.1 Å². The van der Waals surface area contributed by atoms with Gasteiger partial charge in [0.25, 0.3) is 5.91 Å². The molecule has 0 atom stereocenters. The maximum atomic E-state index is 11.6. The van der Waals surface area contributed by atoms with Crippen LogP contribution in [0.15, 0.2) is 36.0 Å². The van der Waals surface area contributed by atoms with Crippen LogP contribution in [-0.4, -0.2) is 18.5 Å². The lowest BCUT2D eigenvalue weighted by atomic mass is 10.2. The van der Waals surface area contributed by atoms with Gasteiger partial charge in [0, 0.05) is 5.69 Å². The first-order valence-corrected chi connectivity index (χ1v) is 5.55. The summed E-state index contributed by atoms with van der Waals surface area (Å²) in [6.07, 6.45) is 0.965. The van der Waals surface area contributed by atoms with Gasteiger partial charge in [0.15, 0.2) is 0 Å². The molecule has 5 nitrogen and oxygen atoms in total. The molecule has 0 aliphatic carbocycles. The second kappa shape index (κ2) is 6.44. The molecular weight excluding hydrogens is 232 g/mol. The zero-order valence-corrected chi connectivity index (χ0v) is 10.4. The van der Waals surface area contributed by atoms with Gasteiger partial charge in [-0.2, -0.15) is 0 Å². The van der Waals surface area contributed by atoms with Crippen molar-refractivity contribution in [1.82, 2.24) is 0 Å². The molecule has 0 aromatic heterocycles. The standard InChI is InChI=1S/C13H16N2O3/c1-3-18-12(16)8-11(14)13(17)15-10-6-4-9(2)5-7-10/h4-8H,3,14H2,1-2H3,(H,15,17). The Labute approximate surface area is 106 Å². The van der Waals surface area contributed by atoms with Crippen molar-refractivity contribution in [3.63, 3.8) is 0 Å². The zero-order chi connectivity index (χ0) is 13.5. The summed E-state index contributed by atoms with van der Waals surface area (Å²) >= 11 is 0. The van der Waals surface area contributed by atoms with Crippen molar-refractivity contribution in [3.8, 4) is 0 Å². The van der Waals surface area contributed by atoms with Crippen molar-refractivity contribution in [2.24, 2.45) is 5.73 Å². The van der Waals surface area contributed by atoms with Crippen LogP contribution < -0.4 is 11.1 Å². The molecule has 0 saturated carbocycles. The molecule has 0 bridgehead atoms. The molecule has 96 valence electrons. The monoisotopic (exact) mass is 248 g/mol. The molecule has 1 aromatic carbocycles. The van der Waals surface area contributed by atoms with E-state index in [0.717, 1.165) is 11.6 Å². The molecule has 0 aliphatic rings. The molecule has 5 heteroatoms. The molecule has 1 rings (SSSR count). The molecule has 0 fully saturated rings. The van der Waals surface area contributed by atoms with Gasteiger partial charge in [0.05, 0.1) is 12.7 Å². The molecule has 1 aromatic rings. The van der Waals surface area contributed by atoms with Crippen molar-refractivity contribution in [2.75, 3.05) is 11.9 Å². The largest absolute Gasteiger partial charge is 0.463 e. The van der Waals surface area contributed by atoms with Gasteiger partial charge in [-0.05, 0) is 26.0 Å². The van der Waals surface area contributed by atoms with Crippen molar-refractivity contribution < 1.29 is 14.3 Å². The number of benzene rings is 1. The number of carbonyl (C=O) groups is 2. The molecule has 0 heterocycles. The van der Waals surface area contributed by atoms with Gasteiger partial charge in [0.1, 0.15) is 5.70 Å². The normalized spacial score (nSPS) is 10.9. The highest BCUT2D eigenvalue weighted by Gasteiger charge is 2.08. The van der Waals surface area contributed by atoms with Crippen LogP contribution in [0.25, 0.3) is 0 Å². The summed E-state index contributed by atoms with van der Waals surface area (Å²) in [7, 11) is 0. The lowest BCUT2D eigenvalue weighted by molar-refractivity contribution is -0.137. The third kappa shape index (κ3) is 4.29. The van der Waals surface area contributed by atoms with Crippen LogP contribution in [0.1, 0.15) is 12.5 Å². The molecule has 0 unspecified atom stereocenters. The van der Waals surface area contributed by atoms with Crippen molar-refractivity contribution in [2.45, 2.75) is 13.8 Å². The maximum Gasteiger partial charge on any atom is 0.333 e. The summed E-state index contributed by atoms with van der Waals surface area (Å²) in [5.41, 5.74) is 6.99. The SMILES string of the molecule is CCOC(=O)C=C(N)C(=O)Nc1ccc(C)cc1. The Balaban J connectivity index is 2.65.